The maximum absolute atomic E-state index is 11.2. The van der Waals surface area contributed by atoms with Crippen molar-refractivity contribution in [2.75, 3.05) is 7.11 Å². The lowest BCUT2D eigenvalue weighted by Crippen LogP contribution is -2.24. The van der Waals surface area contributed by atoms with Crippen LogP contribution in [0.3, 0.4) is 0 Å². The van der Waals surface area contributed by atoms with Gasteiger partial charge in [-0.05, 0) is 42.5 Å². The highest BCUT2D eigenvalue weighted by Gasteiger charge is 2.20. The Balaban J connectivity index is 2.75. The second kappa shape index (κ2) is 10.2. The molecule has 1 aromatic carbocycles. The Hall–Kier alpha value is -1.61. The molecule has 0 N–H and O–H groups in total. The summed E-state index contributed by atoms with van der Waals surface area (Å²) in [5.41, 5.74) is 2.21. The van der Waals surface area contributed by atoms with Crippen molar-refractivity contribution in [2.24, 2.45) is 11.8 Å². The van der Waals surface area contributed by atoms with Crippen molar-refractivity contribution >= 4 is 6.29 Å². The van der Waals surface area contributed by atoms with Gasteiger partial charge in [-0.2, -0.15) is 0 Å². The van der Waals surface area contributed by atoms with Crippen molar-refractivity contribution in [3.05, 3.63) is 41.5 Å². The number of ether oxygens (including phenoxy) is 2. The van der Waals surface area contributed by atoms with Gasteiger partial charge >= 0.3 is 0 Å². The summed E-state index contributed by atoms with van der Waals surface area (Å²) in [6.07, 6.45) is 5.35. The van der Waals surface area contributed by atoms with E-state index in [1.165, 1.54) is 0 Å². The van der Waals surface area contributed by atoms with Crippen LogP contribution in [-0.4, -0.2) is 19.5 Å². The molecule has 1 rings (SSSR count). The molecule has 0 aromatic heterocycles. The molecule has 0 heterocycles. The standard InChI is InChI=1S/C20H30O3/c1-6-7-15(2)12-16(3)20(17(4)13-21)23-14-18-8-10-19(22-5)11-9-18/h8-13,15,17,20H,6-7,14H2,1-5H3/b16-12+/t15-,17-,20+/m1/s1. The smallest absolute Gasteiger partial charge is 0.125 e. The highest BCUT2D eigenvalue weighted by Crippen LogP contribution is 2.21. The number of benzene rings is 1. The molecule has 3 nitrogen and oxygen atoms in total. The zero-order valence-corrected chi connectivity index (χ0v) is 15.0. The number of methoxy groups -OCH3 is 1. The molecular weight excluding hydrogens is 288 g/mol. The van der Waals surface area contributed by atoms with Crippen LogP contribution in [-0.2, 0) is 16.1 Å². The molecule has 0 aliphatic carbocycles. The molecule has 0 amide bonds. The zero-order chi connectivity index (χ0) is 17.2. The number of aldehydes is 1. The number of rotatable bonds is 10. The average molecular weight is 318 g/mol. The Morgan fingerprint density at radius 1 is 1.22 bits per heavy atom. The van der Waals surface area contributed by atoms with Gasteiger partial charge in [-0.15, -0.1) is 0 Å². The fraction of sp³-hybridized carbons (Fsp3) is 0.550. The summed E-state index contributed by atoms with van der Waals surface area (Å²) in [4.78, 5) is 11.2. The van der Waals surface area contributed by atoms with Crippen LogP contribution in [0, 0.1) is 11.8 Å². The van der Waals surface area contributed by atoms with Crippen LogP contribution >= 0.6 is 0 Å². The summed E-state index contributed by atoms with van der Waals surface area (Å²) < 4.78 is 11.2. The summed E-state index contributed by atoms with van der Waals surface area (Å²) in [7, 11) is 1.65. The Morgan fingerprint density at radius 2 is 1.87 bits per heavy atom. The molecule has 0 radical (unpaired) electrons. The van der Waals surface area contributed by atoms with Crippen LogP contribution in [0.25, 0.3) is 0 Å². The van der Waals surface area contributed by atoms with E-state index in [1.807, 2.05) is 31.2 Å². The fourth-order valence-electron chi connectivity index (χ4n) is 2.76. The first-order valence-corrected chi connectivity index (χ1v) is 8.39. The maximum atomic E-state index is 11.2. The van der Waals surface area contributed by atoms with E-state index in [1.54, 1.807) is 7.11 Å². The molecule has 3 atom stereocenters. The molecule has 1 aromatic rings. The molecule has 0 aliphatic heterocycles. The summed E-state index contributed by atoms with van der Waals surface area (Å²) >= 11 is 0. The Kier molecular flexibility index (Phi) is 8.64. The number of allylic oxidation sites excluding steroid dienone is 1. The zero-order valence-electron chi connectivity index (χ0n) is 15.0. The van der Waals surface area contributed by atoms with E-state index in [9.17, 15) is 4.79 Å². The summed E-state index contributed by atoms with van der Waals surface area (Å²) in [6.45, 7) is 8.85. The van der Waals surface area contributed by atoms with E-state index in [-0.39, 0.29) is 12.0 Å². The van der Waals surface area contributed by atoms with Crippen molar-refractivity contribution in [1.29, 1.82) is 0 Å². The Bertz CT molecular complexity index is 490. The minimum Gasteiger partial charge on any atom is -0.497 e. The van der Waals surface area contributed by atoms with E-state index >= 15 is 0 Å². The minimum absolute atomic E-state index is 0.154. The highest BCUT2D eigenvalue weighted by atomic mass is 16.5. The van der Waals surface area contributed by atoms with Gasteiger partial charge < -0.3 is 14.3 Å². The topological polar surface area (TPSA) is 35.5 Å². The molecule has 128 valence electrons. The van der Waals surface area contributed by atoms with Gasteiger partial charge in [-0.25, -0.2) is 0 Å². The van der Waals surface area contributed by atoms with Gasteiger partial charge in [0.25, 0.3) is 0 Å². The van der Waals surface area contributed by atoms with Gasteiger partial charge in [0.05, 0.1) is 19.8 Å². The molecule has 3 heteroatoms. The van der Waals surface area contributed by atoms with Gasteiger partial charge in [-0.1, -0.05) is 45.4 Å². The molecule has 0 unspecified atom stereocenters. The Labute approximate surface area is 140 Å². The number of carbonyl (C=O) groups is 1. The highest BCUT2D eigenvalue weighted by molar-refractivity contribution is 5.55. The summed E-state index contributed by atoms with van der Waals surface area (Å²) in [5.74, 6) is 1.18. The first-order chi connectivity index (χ1) is 11.0. The predicted octanol–water partition coefficient (Wildman–Crippen LogP) is 4.80. The molecule has 0 bridgehead atoms. The first kappa shape index (κ1) is 19.4. The lowest BCUT2D eigenvalue weighted by atomic mass is 9.95. The molecule has 23 heavy (non-hydrogen) atoms. The van der Waals surface area contributed by atoms with Gasteiger partial charge in [0.2, 0.25) is 0 Å². The van der Waals surface area contributed by atoms with Crippen molar-refractivity contribution in [1.82, 2.24) is 0 Å². The van der Waals surface area contributed by atoms with E-state index in [2.05, 4.69) is 26.8 Å². The quantitative estimate of drug-likeness (QED) is 0.459. The summed E-state index contributed by atoms with van der Waals surface area (Å²) in [6, 6.07) is 7.81. The fourth-order valence-corrected chi connectivity index (χ4v) is 2.76. The van der Waals surface area contributed by atoms with Crippen LogP contribution in [0.4, 0.5) is 0 Å². The lowest BCUT2D eigenvalue weighted by molar-refractivity contribution is -0.114. The Morgan fingerprint density at radius 3 is 2.39 bits per heavy atom. The van der Waals surface area contributed by atoms with Crippen molar-refractivity contribution in [2.45, 2.75) is 53.2 Å². The predicted molar refractivity (Wildman–Crippen MR) is 94.6 cm³/mol. The van der Waals surface area contributed by atoms with Crippen LogP contribution < -0.4 is 4.74 Å². The molecular formula is C20H30O3. The van der Waals surface area contributed by atoms with Crippen LogP contribution in [0.2, 0.25) is 0 Å². The molecule has 0 saturated heterocycles. The normalized spacial score (nSPS) is 15.8. The van der Waals surface area contributed by atoms with E-state index in [0.29, 0.717) is 12.5 Å². The SMILES string of the molecule is CCC[C@@H](C)/C=C(\C)[C@H](OCc1ccc(OC)cc1)[C@H](C)C=O. The molecule has 0 spiro atoms. The van der Waals surface area contributed by atoms with E-state index < -0.39 is 0 Å². The van der Waals surface area contributed by atoms with Crippen LogP contribution in [0.1, 0.15) is 46.1 Å². The largest absolute Gasteiger partial charge is 0.497 e. The van der Waals surface area contributed by atoms with E-state index in [4.69, 9.17) is 9.47 Å². The minimum atomic E-state index is -0.172. The second-order valence-corrected chi connectivity index (χ2v) is 6.25. The molecule has 0 fully saturated rings. The third kappa shape index (κ3) is 6.57. The molecule has 0 saturated carbocycles. The van der Waals surface area contributed by atoms with E-state index in [0.717, 1.165) is 36.0 Å². The van der Waals surface area contributed by atoms with Gasteiger partial charge in [0.15, 0.2) is 0 Å². The van der Waals surface area contributed by atoms with Crippen molar-refractivity contribution < 1.29 is 14.3 Å². The lowest BCUT2D eigenvalue weighted by Gasteiger charge is -2.23. The van der Waals surface area contributed by atoms with Gasteiger partial charge in [-0.3, -0.25) is 0 Å². The maximum Gasteiger partial charge on any atom is 0.125 e. The van der Waals surface area contributed by atoms with Crippen molar-refractivity contribution in [3.63, 3.8) is 0 Å². The van der Waals surface area contributed by atoms with Crippen LogP contribution in [0.5, 0.6) is 5.75 Å². The average Bonchev–Trinajstić information content (AvgIpc) is 2.55. The number of hydrogen-bond donors (Lipinski definition) is 0. The first-order valence-electron chi connectivity index (χ1n) is 8.39. The monoisotopic (exact) mass is 318 g/mol. The third-order valence-corrected chi connectivity index (χ3v) is 4.02. The number of carbonyl (C=O) groups excluding carboxylic acids is 1. The van der Waals surface area contributed by atoms with Gasteiger partial charge in [0, 0.05) is 5.92 Å². The third-order valence-electron chi connectivity index (χ3n) is 4.02. The molecule has 0 aliphatic rings. The second-order valence-electron chi connectivity index (χ2n) is 6.25. The number of hydrogen-bond acceptors (Lipinski definition) is 3. The van der Waals surface area contributed by atoms with Crippen molar-refractivity contribution in [3.8, 4) is 5.75 Å². The summed E-state index contributed by atoms with van der Waals surface area (Å²) in [5, 5.41) is 0. The van der Waals surface area contributed by atoms with Crippen LogP contribution in [0.15, 0.2) is 35.9 Å². The van der Waals surface area contributed by atoms with Gasteiger partial charge in [0.1, 0.15) is 12.0 Å².